The third-order valence-corrected chi connectivity index (χ3v) is 8.57. The summed E-state index contributed by atoms with van der Waals surface area (Å²) in [6.07, 6.45) is 10.2. The average Bonchev–Trinajstić information content (AvgIpc) is 2.65. The zero-order valence-electron chi connectivity index (χ0n) is 16.7. The number of phenols is 1. The summed E-state index contributed by atoms with van der Waals surface area (Å²) >= 11 is 3.58. The highest BCUT2D eigenvalue weighted by atomic mass is 79.9. The summed E-state index contributed by atoms with van der Waals surface area (Å²) in [6, 6.07) is 10.3. The summed E-state index contributed by atoms with van der Waals surface area (Å²) in [7, 11) is 0. The first-order valence-corrected chi connectivity index (χ1v) is 11.4. The Kier molecular flexibility index (Phi) is 4.42. The predicted molar refractivity (Wildman–Crippen MR) is 119 cm³/mol. The zero-order valence-corrected chi connectivity index (χ0v) is 18.3. The summed E-state index contributed by atoms with van der Waals surface area (Å²) < 4.78 is 1.11. The van der Waals surface area contributed by atoms with Gasteiger partial charge in [-0.3, -0.25) is 4.99 Å². The van der Waals surface area contributed by atoms with Gasteiger partial charge < -0.3 is 5.11 Å². The normalized spacial score (nSPS) is 31.0. The van der Waals surface area contributed by atoms with Gasteiger partial charge in [0, 0.05) is 16.3 Å². The quantitative estimate of drug-likeness (QED) is 0.515. The molecule has 146 valence electrons. The minimum Gasteiger partial charge on any atom is -0.507 e. The van der Waals surface area contributed by atoms with Crippen LogP contribution < -0.4 is 0 Å². The second-order valence-corrected chi connectivity index (χ2v) is 10.4. The molecule has 6 rings (SSSR count). The summed E-state index contributed by atoms with van der Waals surface area (Å²) in [4.78, 5) is 4.72. The molecule has 0 amide bonds. The maximum atomic E-state index is 10.5. The van der Waals surface area contributed by atoms with Crippen molar-refractivity contribution >= 4 is 27.8 Å². The third kappa shape index (κ3) is 3.03. The lowest BCUT2D eigenvalue weighted by Crippen LogP contribution is -2.48. The van der Waals surface area contributed by atoms with Gasteiger partial charge in [-0.15, -0.1) is 0 Å². The molecule has 4 aliphatic carbocycles. The molecule has 0 atom stereocenters. The molecule has 0 unspecified atom stereocenters. The smallest absolute Gasteiger partial charge is 0.124 e. The van der Waals surface area contributed by atoms with Crippen LogP contribution in [0.15, 0.2) is 39.8 Å². The first-order chi connectivity index (χ1) is 13.4. The van der Waals surface area contributed by atoms with E-state index in [2.05, 4.69) is 41.9 Å². The Bertz CT molecular complexity index is 926. The van der Waals surface area contributed by atoms with E-state index in [4.69, 9.17) is 4.99 Å². The van der Waals surface area contributed by atoms with E-state index >= 15 is 0 Å². The van der Waals surface area contributed by atoms with Crippen molar-refractivity contribution in [1.82, 2.24) is 0 Å². The number of halogens is 1. The molecule has 0 radical (unpaired) electrons. The van der Waals surface area contributed by atoms with Crippen molar-refractivity contribution in [3.63, 3.8) is 0 Å². The van der Waals surface area contributed by atoms with Gasteiger partial charge in [-0.2, -0.15) is 0 Å². The lowest BCUT2D eigenvalue weighted by Gasteiger charge is -2.57. The Balaban J connectivity index is 1.48. The van der Waals surface area contributed by atoms with Gasteiger partial charge in [-0.25, -0.2) is 0 Å². The highest BCUT2D eigenvalue weighted by Gasteiger charge is 2.51. The molecule has 0 spiro atoms. The fourth-order valence-corrected chi connectivity index (χ4v) is 6.93. The van der Waals surface area contributed by atoms with Crippen LogP contribution in [-0.2, 0) is 5.41 Å². The van der Waals surface area contributed by atoms with Gasteiger partial charge in [-0.1, -0.05) is 22.0 Å². The molecule has 2 nitrogen and oxygen atoms in total. The van der Waals surface area contributed by atoms with Crippen molar-refractivity contribution < 1.29 is 5.11 Å². The van der Waals surface area contributed by atoms with E-state index in [-0.39, 0.29) is 0 Å². The standard InChI is InChI=1S/C25H28BrNO/c1-15-16(2)23(5-4-22(15)26)27-14-20-10-21(3-6-24(20)28)25-11-17-7-18(12-25)9-19(8-17)13-25/h3-6,10,14,17-19,28H,7-9,11-13H2,1-2H3. The summed E-state index contributed by atoms with van der Waals surface area (Å²) in [5, 5.41) is 10.5. The zero-order chi connectivity index (χ0) is 19.5. The molecule has 4 saturated carbocycles. The molecular weight excluding hydrogens is 410 g/mol. The lowest BCUT2D eigenvalue weighted by atomic mass is 9.48. The van der Waals surface area contributed by atoms with Gasteiger partial charge in [0.15, 0.2) is 0 Å². The van der Waals surface area contributed by atoms with E-state index in [1.807, 2.05) is 24.4 Å². The van der Waals surface area contributed by atoms with E-state index in [0.717, 1.165) is 33.5 Å². The summed E-state index contributed by atoms with van der Waals surface area (Å²) in [5.74, 6) is 3.09. The van der Waals surface area contributed by atoms with Crippen LogP contribution in [0.2, 0.25) is 0 Å². The maximum absolute atomic E-state index is 10.5. The number of hydrogen-bond donors (Lipinski definition) is 1. The molecule has 1 N–H and O–H groups in total. The van der Waals surface area contributed by atoms with Gasteiger partial charge in [0.05, 0.1) is 5.69 Å². The van der Waals surface area contributed by atoms with E-state index < -0.39 is 0 Å². The molecule has 0 saturated heterocycles. The van der Waals surface area contributed by atoms with Crippen LogP contribution in [0.25, 0.3) is 0 Å². The Hall–Kier alpha value is -1.61. The second kappa shape index (κ2) is 6.73. The van der Waals surface area contributed by atoms with Crippen LogP contribution in [0.4, 0.5) is 5.69 Å². The van der Waals surface area contributed by atoms with Crippen molar-refractivity contribution in [2.45, 2.75) is 57.8 Å². The number of phenolic OH excluding ortho intramolecular Hbond substituents is 1. The number of rotatable bonds is 3. The van der Waals surface area contributed by atoms with Gasteiger partial charge in [-0.05, 0) is 116 Å². The number of aliphatic imine (C=N–C) groups is 1. The number of hydrogen-bond acceptors (Lipinski definition) is 2. The predicted octanol–water partition coefficient (Wildman–Crippen LogP) is 6.99. The molecule has 0 aliphatic heterocycles. The van der Waals surface area contributed by atoms with Crippen molar-refractivity contribution in [3.8, 4) is 5.75 Å². The Morgan fingerprint density at radius 3 is 2.25 bits per heavy atom. The SMILES string of the molecule is Cc1c(Br)ccc(N=Cc2cc(C34CC5CC(CC(C5)C3)C4)ccc2O)c1C. The third-order valence-electron chi connectivity index (χ3n) is 7.71. The van der Waals surface area contributed by atoms with Crippen LogP contribution in [-0.4, -0.2) is 11.3 Å². The number of nitrogens with zero attached hydrogens (tertiary/aromatic N) is 1. The van der Waals surface area contributed by atoms with Crippen molar-refractivity contribution in [1.29, 1.82) is 0 Å². The van der Waals surface area contributed by atoms with Crippen molar-refractivity contribution in [2.24, 2.45) is 22.7 Å². The van der Waals surface area contributed by atoms with Crippen LogP contribution in [0.1, 0.15) is 60.8 Å². The summed E-state index contributed by atoms with van der Waals surface area (Å²) in [6.45, 7) is 4.20. The molecule has 28 heavy (non-hydrogen) atoms. The summed E-state index contributed by atoms with van der Waals surface area (Å²) in [5.41, 5.74) is 5.95. The van der Waals surface area contributed by atoms with Crippen molar-refractivity contribution in [3.05, 3.63) is 57.1 Å². The molecule has 4 bridgehead atoms. The molecule has 2 aromatic carbocycles. The molecule has 4 fully saturated rings. The Morgan fingerprint density at radius 1 is 0.964 bits per heavy atom. The molecular formula is C25H28BrNO. The maximum Gasteiger partial charge on any atom is 0.124 e. The van der Waals surface area contributed by atoms with Crippen LogP contribution in [0.3, 0.4) is 0 Å². The fraction of sp³-hybridized carbons (Fsp3) is 0.480. The fourth-order valence-electron chi connectivity index (χ4n) is 6.50. The lowest BCUT2D eigenvalue weighted by molar-refractivity contribution is -0.00520. The van der Waals surface area contributed by atoms with E-state index in [0.29, 0.717) is 11.2 Å². The highest BCUT2D eigenvalue weighted by Crippen LogP contribution is 2.60. The number of benzene rings is 2. The largest absolute Gasteiger partial charge is 0.507 e. The van der Waals surface area contributed by atoms with E-state index in [9.17, 15) is 5.11 Å². The first kappa shape index (κ1) is 18.4. The van der Waals surface area contributed by atoms with Crippen LogP contribution in [0.5, 0.6) is 5.75 Å². The molecule has 2 aromatic rings. The minimum atomic E-state index is 0.323. The highest BCUT2D eigenvalue weighted by molar-refractivity contribution is 9.10. The van der Waals surface area contributed by atoms with Crippen molar-refractivity contribution in [2.75, 3.05) is 0 Å². The van der Waals surface area contributed by atoms with Gasteiger partial charge in [0.25, 0.3) is 0 Å². The first-order valence-electron chi connectivity index (χ1n) is 10.6. The van der Waals surface area contributed by atoms with Gasteiger partial charge >= 0.3 is 0 Å². The Morgan fingerprint density at radius 2 is 1.61 bits per heavy atom. The van der Waals surface area contributed by atoms with E-state index in [1.165, 1.54) is 55.2 Å². The molecule has 4 aliphatic rings. The topological polar surface area (TPSA) is 32.6 Å². The molecule has 0 aromatic heterocycles. The monoisotopic (exact) mass is 437 g/mol. The Labute approximate surface area is 176 Å². The second-order valence-electron chi connectivity index (χ2n) is 9.55. The average molecular weight is 438 g/mol. The van der Waals surface area contributed by atoms with Crippen LogP contribution in [0, 0.1) is 31.6 Å². The van der Waals surface area contributed by atoms with E-state index in [1.54, 1.807) is 0 Å². The van der Waals surface area contributed by atoms with Gasteiger partial charge in [0.1, 0.15) is 5.75 Å². The van der Waals surface area contributed by atoms with Gasteiger partial charge in [0.2, 0.25) is 0 Å². The molecule has 3 heteroatoms. The minimum absolute atomic E-state index is 0.323. The molecule has 0 heterocycles. The number of aromatic hydroxyl groups is 1. The van der Waals surface area contributed by atoms with Crippen LogP contribution >= 0.6 is 15.9 Å².